The summed E-state index contributed by atoms with van der Waals surface area (Å²) in [5, 5.41) is 0. The highest BCUT2D eigenvalue weighted by Gasteiger charge is 2.12. The predicted octanol–water partition coefficient (Wildman–Crippen LogP) is 3.31. The Bertz CT molecular complexity index is 534. The van der Waals surface area contributed by atoms with Crippen LogP contribution < -0.4 is 0 Å². The van der Waals surface area contributed by atoms with Crippen LogP contribution in [0.25, 0.3) is 0 Å². The van der Waals surface area contributed by atoms with Crippen molar-refractivity contribution in [1.29, 1.82) is 0 Å². The van der Waals surface area contributed by atoms with Crippen LogP contribution in [0.1, 0.15) is 31.3 Å². The normalized spacial score (nSPS) is 12.6. The van der Waals surface area contributed by atoms with Crippen molar-refractivity contribution in [2.45, 2.75) is 26.5 Å². The molecule has 3 nitrogen and oxygen atoms in total. The molecule has 0 unspecified atom stereocenters. The molecule has 5 heteroatoms. The molecule has 0 N–H and O–H groups in total. The van der Waals surface area contributed by atoms with Crippen LogP contribution in [0.15, 0.2) is 30.6 Å². The molecule has 1 aromatic carbocycles. The van der Waals surface area contributed by atoms with E-state index in [1.165, 1.54) is 12.1 Å². The highest BCUT2D eigenvalue weighted by atomic mass is 19.1. The Balaban J connectivity index is 2.21. The van der Waals surface area contributed by atoms with Gasteiger partial charge in [-0.2, -0.15) is 0 Å². The second kappa shape index (κ2) is 5.93. The first kappa shape index (κ1) is 13.7. The van der Waals surface area contributed by atoms with Gasteiger partial charge in [0.1, 0.15) is 23.6 Å². The van der Waals surface area contributed by atoms with Crippen molar-refractivity contribution in [3.63, 3.8) is 0 Å². The van der Waals surface area contributed by atoms with Gasteiger partial charge in [-0.15, -0.1) is 0 Å². The van der Waals surface area contributed by atoms with E-state index in [4.69, 9.17) is 4.74 Å². The molecular formula is C14H16F2N2O. The molecule has 2 rings (SSSR count). The zero-order chi connectivity index (χ0) is 13.8. The molecule has 0 amide bonds. The number of hydrogen-bond donors (Lipinski definition) is 0. The van der Waals surface area contributed by atoms with Gasteiger partial charge in [-0.1, -0.05) is 0 Å². The van der Waals surface area contributed by atoms with Gasteiger partial charge in [-0.05, 0) is 31.5 Å². The number of benzene rings is 1. The molecule has 0 aliphatic rings. The fourth-order valence-electron chi connectivity index (χ4n) is 2.04. The lowest BCUT2D eigenvalue weighted by molar-refractivity contribution is 0.0677. The van der Waals surface area contributed by atoms with E-state index >= 15 is 0 Å². The van der Waals surface area contributed by atoms with Gasteiger partial charge in [0.15, 0.2) is 0 Å². The Morgan fingerprint density at radius 3 is 2.58 bits per heavy atom. The molecule has 0 saturated carbocycles. The Morgan fingerprint density at radius 1 is 1.26 bits per heavy atom. The molecule has 2 aromatic rings. The molecule has 0 bridgehead atoms. The summed E-state index contributed by atoms with van der Waals surface area (Å²) in [6.45, 7) is 4.75. The minimum atomic E-state index is -0.575. The molecule has 0 spiro atoms. The number of rotatable bonds is 5. The summed E-state index contributed by atoms with van der Waals surface area (Å²) >= 11 is 0. The van der Waals surface area contributed by atoms with Gasteiger partial charge in [0, 0.05) is 31.6 Å². The summed E-state index contributed by atoms with van der Waals surface area (Å²) in [5.41, 5.74) is 0.556. The average Bonchev–Trinajstić information content (AvgIpc) is 2.76. The Kier molecular flexibility index (Phi) is 4.27. The largest absolute Gasteiger partial charge is 0.371 e. The van der Waals surface area contributed by atoms with Crippen LogP contribution in [0.3, 0.4) is 0 Å². The number of imidazole rings is 1. The zero-order valence-corrected chi connectivity index (χ0v) is 10.9. The fraction of sp³-hybridized carbons (Fsp3) is 0.357. The lowest BCUT2D eigenvalue weighted by atomic mass is 10.2. The van der Waals surface area contributed by atoms with Crippen LogP contribution in [-0.2, 0) is 11.3 Å². The number of aromatic nitrogens is 2. The van der Waals surface area contributed by atoms with Crippen molar-refractivity contribution in [3.05, 3.63) is 53.6 Å². The van der Waals surface area contributed by atoms with E-state index in [1.54, 1.807) is 12.4 Å². The molecule has 102 valence electrons. The van der Waals surface area contributed by atoms with Gasteiger partial charge in [0.2, 0.25) is 0 Å². The smallest absolute Gasteiger partial charge is 0.137 e. The predicted molar refractivity (Wildman–Crippen MR) is 67.7 cm³/mol. The van der Waals surface area contributed by atoms with Gasteiger partial charge in [-0.3, -0.25) is 0 Å². The summed E-state index contributed by atoms with van der Waals surface area (Å²) in [4.78, 5) is 4.23. The van der Waals surface area contributed by atoms with E-state index in [0.717, 1.165) is 11.9 Å². The standard InChI is InChI=1S/C14H16F2N2O/c1-3-19-10(2)14-17-4-5-18(14)9-11-6-12(15)8-13(16)7-11/h4-8,10H,3,9H2,1-2H3/t10-/m1/s1. The molecule has 0 aliphatic heterocycles. The number of ether oxygens (including phenoxy) is 1. The quantitative estimate of drug-likeness (QED) is 0.830. The summed E-state index contributed by atoms with van der Waals surface area (Å²) in [6.07, 6.45) is 3.27. The van der Waals surface area contributed by atoms with E-state index < -0.39 is 11.6 Å². The maximum absolute atomic E-state index is 13.1. The van der Waals surface area contributed by atoms with Crippen molar-refractivity contribution >= 4 is 0 Å². The lowest BCUT2D eigenvalue weighted by Crippen LogP contribution is -2.10. The third-order valence-electron chi connectivity index (χ3n) is 2.80. The molecule has 0 radical (unpaired) electrons. The summed E-state index contributed by atoms with van der Waals surface area (Å²) in [5.74, 6) is -0.407. The van der Waals surface area contributed by atoms with Crippen LogP contribution >= 0.6 is 0 Å². The summed E-state index contributed by atoms with van der Waals surface area (Å²) in [6, 6.07) is 3.50. The first-order valence-electron chi connectivity index (χ1n) is 6.17. The van der Waals surface area contributed by atoms with E-state index in [2.05, 4.69) is 4.98 Å². The Labute approximate surface area is 110 Å². The maximum atomic E-state index is 13.1. The van der Waals surface area contributed by atoms with Crippen LogP contribution in [0.4, 0.5) is 8.78 Å². The van der Waals surface area contributed by atoms with Gasteiger partial charge in [0.05, 0.1) is 0 Å². The van der Waals surface area contributed by atoms with Crippen LogP contribution in [0.5, 0.6) is 0 Å². The maximum Gasteiger partial charge on any atom is 0.137 e. The van der Waals surface area contributed by atoms with Crippen molar-refractivity contribution in [2.75, 3.05) is 6.61 Å². The van der Waals surface area contributed by atoms with Gasteiger partial charge < -0.3 is 9.30 Å². The van der Waals surface area contributed by atoms with E-state index in [9.17, 15) is 8.78 Å². The second-order valence-corrected chi connectivity index (χ2v) is 4.29. The second-order valence-electron chi connectivity index (χ2n) is 4.29. The number of nitrogens with zero attached hydrogens (tertiary/aromatic N) is 2. The van der Waals surface area contributed by atoms with E-state index in [-0.39, 0.29) is 6.10 Å². The van der Waals surface area contributed by atoms with E-state index in [0.29, 0.717) is 18.7 Å². The molecular weight excluding hydrogens is 250 g/mol. The zero-order valence-electron chi connectivity index (χ0n) is 10.9. The van der Waals surface area contributed by atoms with Crippen molar-refractivity contribution in [2.24, 2.45) is 0 Å². The first-order chi connectivity index (χ1) is 9.10. The van der Waals surface area contributed by atoms with Gasteiger partial charge in [-0.25, -0.2) is 13.8 Å². The van der Waals surface area contributed by atoms with Crippen LogP contribution in [-0.4, -0.2) is 16.2 Å². The third kappa shape index (κ3) is 3.38. The minimum Gasteiger partial charge on any atom is -0.371 e. The Morgan fingerprint density at radius 2 is 1.95 bits per heavy atom. The molecule has 0 aliphatic carbocycles. The third-order valence-corrected chi connectivity index (χ3v) is 2.80. The number of hydrogen-bond acceptors (Lipinski definition) is 2. The summed E-state index contributed by atoms with van der Waals surface area (Å²) in [7, 11) is 0. The molecule has 1 atom stereocenters. The Hall–Kier alpha value is -1.75. The van der Waals surface area contributed by atoms with Crippen LogP contribution in [0, 0.1) is 11.6 Å². The average molecular weight is 266 g/mol. The summed E-state index contributed by atoms with van der Waals surface area (Å²) < 4.78 is 33.6. The molecule has 1 heterocycles. The van der Waals surface area contributed by atoms with E-state index in [1.807, 2.05) is 18.4 Å². The fourth-order valence-corrected chi connectivity index (χ4v) is 2.04. The first-order valence-corrected chi connectivity index (χ1v) is 6.17. The molecule has 1 aromatic heterocycles. The topological polar surface area (TPSA) is 27.1 Å². The van der Waals surface area contributed by atoms with Crippen molar-refractivity contribution in [3.8, 4) is 0 Å². The van der Waals surface area contributed by atoms with Crippen molar-refractivity contribution < 1.29 is 13.5 Å². The minimum absolute atomic E-state index is 0.154. The molecule has 0 fully saturated rings. The highest BCUT2D eigenvalue weighted by Crippen LogP contribution is 2.17. The van der Waals surface area contributed by atoms with Crippen LogP contribution in [0.2, 0.25) is 0 Å². The molecule has 0 saturated heterocycles. The van der Waals surface area contributed by atoms with Gasteiger partial charge >= 0.3 is 0 Å². The number of halogens is 2. The SMILES string of the molecule is CCO[C@H](C)c1nccn1Cc1cc(F)cc(F)c1. The van der Waals surface area contributed by atoms with Crippen molar-refractivity contribution in [1.82, 2.24) is 9.55 Å². The highest BCUT2D eigenvalue weighted by molar-refractivity contribution is 5.19. The van der Waals surface area contributed by atoms with Gasteiger partial charge in [0.25, 0.3) is 0 Å². The molecule has 19 heavy (non-hydrogen) atoms. The monoisotopic (exact) mass is 266 g/mol. The lowest BCUT2D eigenvalue weighted by Gasteiger charge is -2.14.